The van der Waals surface area contributed by atoms with Gasteiger partial charge in [-0.1, -0.05) is 0 Å². The van der Waals surface area contributed by atoms with E-state index in [1.165, 1.54) is 0 Å². The second-order valence-electron chi connectivity index (χ2n) is 12.1. The van der Waals surface area contributed by atoms with E-state index in [9.17, 15) is 22.8 Å². The van der Waals surface area contributed by atoms with E-state index < -0.39 is 17.2 Å². The fourth-order valence-corrected chi connectivity index (χ4v) is 7.36. The standard InChI is InChI=1S/C28H39F3N4O4/c1-33(2)25(36)15-34-14-22-9-18(8-19-5-7-39-16-24(19)38-3)11-27(22,17-34)26(37)35-6-4-23-20(13-35)10-21(12-32-23)28(29,30)31/h10,12,18-19,22,24H,4-9,11,13-17H2,1-3H3/t18-,19?,22+,24?,27+/m1/s1. The average molecular weight is 553 g/mol. The Morgan fingerprint density at radius 1 is 1.31 bits per heavy atom. The first-order valence-electron chi connectivity index (χ1n) is 13.9. The number of halogens is 3. The van der Waals surface area contributed by atoms with Crippen molar-refractivity contribution in [2.75, 3.05) is 60.6 Å². The number of likely N-dealkylation sites (tertiary alicyclic amines) is 1. The number of amides is 2. The number of nitrogens with zero attached hydrogens (tertiary/aromatic N) is 4. The molecular weight excluding hydrogens is 513 g/mol. The summed E-state index contributed by atoms with van der Waals surface area (Å²) in [6.45, 7) is 3.30. The van der Waals surface area contributed by atoms with Gasteiger partial charge in [0.05, 0.1) is 30.2 Å². The quantitative estimate of drug-likeness (QED) is 0.541. The highest BCUT2D eigenvalue weighted by Crippen LogP contribution is 2.54. The van der Waals surface area contributed by atoms with Crippen LogP contribution in [0.2, 0.25) is 0 Å². The summed E-state index contributed by atoms with van der Waals surface area (Å²) in [5.41, 5.74) is -0.335. The molecule has 3 fully saturated rings. The normalized spacial score (nSPS) is 31.2. The molecule has 39 heavy (non-hydrogen) atoms. The molecule has 1 aromatic rings. The van der Waals surface area contributed by atoms with Crippen LogP contribution in [-0.2, 0) is 38.2 Å². The van der Waals surface area contributed by atoms with Crippen LogP contribution in [0.25, 0.3) is 0 Å². The van der Waals surface area contributed by atoms with Crippen LogP contribution in [0.3, 0.4) is 0 Å². The Labute approximate surface area is 227 Å². The number of likely N-dealkylation sites (N-methyl/N-ethyl adjacent to an activating group) is 1. The maximum absolute atomic E-state index is 14.3. The van der Waals surface area contributed by atoms with Crippen molar-refractivity contribution in [3.8, 4) is 0 Å². The number of hydrogen-bond acceptors (Lipinski definition) is 6. The second kappa shape index (κ2) is 11.0. The van der Waals surface area contributed by atoms with Crippen molar-refractivity contribution in [3.63, 3.8) is 0 Å². The lowest BCUT2D eigenvalue weighted by Gasteiger charge is -2.37. The van der Waals surface area contributed by atoms with Gasteiger partial charge in [-0.25, -0.2) is 0 Å². The molecule has 0 spiro atoms. The van der Waals surface area contributed by atoms with Gasteiger partial charge in [0.25, 0.3) is 0 Å². The SMILES string of the molecule is COC1COCCC1C[C@@H]1C[C@H]2CN(CC(=O)N(C)C)C[C@@]2(C(=O)N2CCc3ncc(C(F)(F)F)cc3C2)C1. The number of rotatable bonds is 6. The van der Waals surface area contributed by atoms with Crippen molar-refractivity contribution in [1.82, 2.24) is 19.7 Å². The van der Waals surface area contributed by atoms with Crippen LogP contribution in [0.15, 0.2) is 12.3 Å². The van der Waals surface area contributed by atoms with Crippen LogP contribution in [0, 0.1) is 23.2 Å². The molecule has 0 aromatic carbocycles. The monoisotopic (exact) mass is 552 g/mol. The Bertz CT molecular complexity index is 1080. The van der Waals surface area contributed by atoms with E-state index in [0.29, 0.717) is 62.4 Å². The van der Waals surface area contributed by atoms with Gasteiger partial charge in [-0.2, -0.15) is 13.2 Å². The zero-order valence-electron chi connectivity index (χ0n) is 23.0. The highest BCUT2D eigenvalue weighted by molar-refractivity contribution is 5.85. The predicted octanol–water partition coefficient (Wildman–Crippen LogP) is 2.84. The summed E-state index contributed by atoms with van der Waals surface area (Å²) in [7, 11) is 5.17. The van der Waals surface area contributed by atoms with Crippen LogP contribution in [0.5, 0.6) is 0 Å². The Hall–Kier alpha value is -2.24. The molecule has 3 aliphatic heterocycles. The zero-order chi connectivity index (χ0) is 27.9. The average Bonchev–Trinajstić information content (AvgIpc) is 3.41. The van der Waals surface area contributed by atoms with Gasteiger partial charge in [0.15, 0.2) is 0 Å². The summed E-state index contributed by atoms with van der Waals surface area (Å²) in [6.07, 6.45) is 0.404. The first-order valence-corrected chi connectivity index (χ1v) is 13.9. The molecule has 2 unspecified atom stereocenters. The number of aromatic nitrogens is 1. The summed E-state index contributed by atoms with van der Waals surface area (Å²) in [6, 6.07) is 1.14. The molecule has 216 valence electrons. The highest BCUT2D eigenvalue weighted by atomic mass is 19.4. The van der Waals surface area contributed by atoms with Gasteiger partial charge in [-0.05, 0) is 55.1 Å². The van der Waals surface area contributed by atoms with Crippen molar-refractivity contribution in [2.24, 2.45) is 23.2 Å². The fourth-order valence-electron chi connectivity index (χ4n) is 7.36. The fraction of sp³-hybridized carbons (Fsp3) is 0.750. The molecule has 1 aromatic heterocycles. The topological polar surface area (TPSA) is 75.2 Å². The predicted molar refractivity (Wildman–Crippen MR) is 136 cm³/mol. The van der Waals surface area contributed by atoms with Crippen LogP contribution >= 0.6 is 0 Å². The highest BCUT2D eigenvalue weighted by Gasteiger charge is 2.59. The van der Waals surface area contributed by atoms with Gasteiger partial charge in [0.1, 0.15) is 0 Å². The molecule has 1 saturated carbocycles. The lowest BCUT2D eigenvalue weighted by molar-refractivity contribution is -0.144. The molecule has 1 aliphatic carbocycles. The Morgan fingerprint density at radius 3 is 2.82 bits per heavy atom. The summed E-state index contributed by atoms with van der Waals surface area (Å²) in [5.74, 6) is 0.832. The van der Waals surface area contributed by atoms with Gasteiger partial charge < -0.3 is 19.3 Å². The Kier molecular flexibility index (Phi) is 7.96. The van der Waals surface area contributed by atoms with Crippen molar-refractivity contribution >= 4 is 11.8 Å². The molecule has 5 rings (SSSR count). The minimum absolute atomic E-state index is 0.00285. The van der Waals surface area contributed by atoms with Gasteiger partial charge in [-0.15, -0.1) is 0 Å². The van der Waals surface area contributed by atoms with Crippen molar-refractivity contribution in [1.29, 1.82) is 0 Å². The van der Waals surface area contributed by atoms with E-state index in [1.54, 1.807) is 31.0 Å². The molecule has 2 saturated heterocycles. The maximum Gasteiger partial charge on any atom is 0.417 e. The molecule has 4 heterocycles. The Balaban J connectivity index is 1.36. The maximum atomic E-state index is 14.3. The van der Waals surface area contributed by atoms with E-state index in [-0.39, 0.29) is 36.9 Å². The van der Waals surface area contributed by atoms with Crippen molar-refractivity contribution in [2.45, 2.75) is 50.9 Å². The van der Waals surface area contributed by atoms with E-state index in [2.05, 4.69) is 9.88 Å². The van der Waals surface area contributed by atoms with Gasteiger partial charge in [-0.3, -0.25) is 19.5 Å². The molecule has 0 N–H and O–H groups in total. The number of hydrogen-bond donors (Lipinski definition) is 0. The summed E-state index contributed by atoms with van der Waals surface area (Å²) in [4.78, 5) is 36.3. The Morgan fingerprint density at radius 2 is 2.10 bits per heavy atom. The van der Waals surface area contributed by atoms with Gasteiger partial charge >= 0.3 is 6.18 Å². The molecule has 5 atom stereocenters. The molecule has 2 amide bonds. The lowest BCUT2D eigenvalue weighted by Crippen LogP contribution is -2.49. The summed E-state index contributed by atoms with van der Waals surface area (Å²) < 4.78 is 51.4. The van der Waals surface area contributed by atoms with E-state index in [4.69, 9.17) is 9.47 Å². The van der Waals surface area contributed by atoms with Crippen molar-refractivity contribution < 1.29 is 32.2 Å². The van der Waals surface area contributed by atoms with Gasteiger partial charge in [0, 0.05) is 72.3 Å². The van der Waals surface area contributed by atoms with E-state index in [1.807, 2.05) is 0 Å². The smallest absolute Gasteiger partial charge is 0.379 e. The number of fused-ring (bicyclic) bond motifs is 2. The largest absolute Gasteiger partial charge is 0.417 e. The number of methoxy groups -OCH3 is 1. The molecule has 0 radical (unpaired) electrons. The third kappa shape index (κ3) is 5.67. The van der Waals surface area contributed by atoms with Crippen molar-refractivity contribution in [3.05, 3.63) is 29.1 Å². The number of carbonyl (C=O) groups excluding carboxylic acids is 2. The minimum Gasteiger partial charge on any atom is -0.379 e. The second-order valence-corrected chi connectivity index (χ2v) is 12.1. The number of pyridine rings is 1. The molecule has 0 bridgehead atoms. The summed E-state index contributed by atoms with van der Waals surface area (Å²) >= 11 is 0. The van der Waals surface area contributed by atoms with Gasteiger partial charge in [0.2, 0.25) is 11.8 Å². The summed E-state index contributed by atoms with van der Waals surface area (Å²) in [5, 5.41) is 0. The number of carbonyl (C=O) groups is 2. The van der Waals surface area contributed by atoms with E-state index >= 15 is 0 Å². The first kappa shape index (κ1) is 28.3. The third-order valence-electron chi connectivity index (χ3n) is 9.35. The van der Waals surface area contributed by atoms with Crippen LogP contribution < -0.4 is 0 Å². The molecular formula is C28H39F3N4O4. The van der Waals surface area contributed by atoms with Crippen LogP contribution in [0.1, 0.15) is 42.5 Å². The number of alkyl halides is 3. The zero-order valence-corrected chi connectivity index (χ0v) is 23.0. The van der Waals surface area contributed by atoms with Crippen LogP contribution in [-0.4, -0.2) is 98.2 Å². The lowest BCUT2D eigenvalue weighted by atomic mass is 9.78. The van der Waals surface area contributed by atoms with Crippen LogP contribution in [0.4, 0.5) is 13.2 Å². The first-order chi connectivity index (χ1) is 18.5. The molecule has 8 nitrogen and oxygen atoms in total. The molecule has 11 heteroatoms. The minimum atomic E-state index is -4.48. The third-order valence-corrected chi connectivity index (χ3v) is 9.35. The van der Waals surface area contributed by atoms with E-state index in [0.717, 1.165) is 37.9 Å². The number of ether oxygens (including phenoxy) is 2. The molecule has 4 aliphatic rings.